The zero-order chi connectivity index (χ0) is 13.0. The van der Waals surface area contributed by atoms with Crippen molar-refractivity contribution in [1.29, 1.82) is 0 Å². The van der Waals surface area contributed by atoms with Crippen molar-refractivity contribution in [1.82, 2.24) is 5.32 Å². The Morgan fingerprint density at radius 1 is 1.56 bits per heavy atom. The molecule has 0 saturated carbocycles. The lowest BCUT2D eigenvalue weighted by atomic mass is 10.1. The summed E-state index contributed by atoms with van der Waals surface area (Å²) in [6.07, 6.45) is 2.01. The second-order valence-corrected chi connectivity index (χ2v) is 5.56. The first kappa shape index (κ1) is 13.7. The molecular formula is C13H15FINO2. The molecule has 0 aliphatic carbocycles. The normalized spacial score (nSPS) is 18.9. The maximum Gasteiger partial charge on any atom is 0.252 e. The quantitative estimate of drug-likeness (QED) is 0.836. The lowest BCUT2D eigenvalue weighted by Crippen LogP contribution is -2.26. The molecule has 1 unspecified atom stereocenters. The van der Waals surface area contributed by atoms with Crippen LogP contribution in [0.15, 0.2) is 18.2 Å². The van der Waals surface area contributed by atoms with Crippen molar-refractivity contribution >= 4 is 28.5 Å². The summed E-state index contributed by atoms with van der Waals surface area (Å²) in [5, 5.41) is 2.86. The highest BCUT2D eigenvalue weighted by Crippen LogP contribution is 2.16. The number of halogens is 2. The van der Waals surface area contributed by atoms with Crippen LogP contribution in [0.2, 0.25) is 0 Å². The first-order valence-corrected chi connectivity index (χ1v) is 7.05. The van der Waals surface area contributed by atoms with E-state index in [-0.39, 0.29) is 11.7 Å². The van der Waals surface area contributed by atoms with Gasteiger partial charge in [-0.3, -0.25) is 4.79 Å². The summed E-state index contributed by atoms with van der Waals surface area (Å²) in [5.74, 6) is 0.0926. The number of carbonyl (C=O) groups excluding carboxylic acids is 1. The van der Waals surface area contributed by atoms with Crippen molar-refractivity contribution in [2.45, 2.75) is 12.8 Å². The lowest BCUT2D eigenvalue weighted by molar-refractivity contribution is 0.0949. The van der Waals surface area contributed by atoms with E-state index >= 15 is 0 Å². The third kappa shape index (κ3) is 3.65. The zero-order valence-electron chi connectivity index (χ0n) is 9.92. The van der Waals surface area contributed by atoms with Gasteiger partial charge >= 0.3 is 0 Å². The Morgan fingerprint density at radius 2 is 2.39 bits per heavy atom. The van der Waals surface area contributed by atoms with E-state index in [0.29, 0.717) is 21.6 Å². The molecule has 1 saturated heterocycles. The predicted octanol–water partition coefficient (Wildman–Crippen LogP) is 2.59. The van der Waals surface area contributed by atoms with E-state index in [1.807, 2.05) is 22.6 Å². The molecule has 0 aromatic heterocycles. The van der Waals surface area contributed by atoms with Crippen molar-refractivity contribution in [2.75, 3.05) is 19.8 Å². The number of amides is 1. The van der Waals surface area contributed by atoms with Crippen LogP contribution in [-0.2, 0) is 4.74 Å². The minimum atomic E-state index is -0.320. The van der Waals surface area contributed by atoms with Crippen molar-refractivity contribution < 1.29 is 13.9 Å². The van der Waals surface area contributed by atoms with E-state index in [0.717, 1.165) is 26.1 Å². The Kier molecular flexibility index (Phi) is 4.94. The molecule has 0 radical (unpaired) electrons. The lowest BCUT2D eigenvalue weighted by Gasteiger charge is -2.09. The molecule has 0 spiro atoms. The van der Waals surface area contributed by atoms with Gasteiger partial charge in [0, 0.05) is 23.3 Å². The molecule has 18 heavy (non-hydrogen) atoms. The summed E-state index contributed by atoms with van der Waals surface area (Å²) in [6.45, 7) is 2.26. The molecule has 3 nitrogen and oxygen atoms in total. The van der Waals surface area contributed by atoms with Crippen molar-refractivity contribution in [3.63, 3.8) is 0 Å². The van der Waals surface area contributed by atoms with Crippen LogP contribution in [0.1, 0.15) is 23.2 Å². The molecule has 1 fully saturated rings. The highest BCUT2D eigenvalue weighted by Gasteiger charge is 2.16. The van der Waals surface area contributed by atoms with Crippen LogP contribution in [0.25, 0.3) is 0 Å². The van der Waals surface area contributed by atoms with Crippen LogP contribution in [0.3, 0.4) is 0 Å². The van der Waals surface area contributed by atoms with Gasteiger partial charge in [0.1, 0.15) is 5.82 Å². The molecule has 1 aliphatic heterocycles. The molecule has 98 valence electrons. The average Bonchev–Trinajstić information content (AvgIpc) is 2.81. The summed E-state index contributed by atoms with van der Waals surface area (Å²) in [6, 6.07) is 4.19. The summed E-state index contributed by atoms with van der Waals surface area (Å²) in [5.41, 5.74) is 0.527. The standard InChI is InChI=1S/C13H15FINO2/c14-10-1-2-11(12(15)7-10)13(17)16-5-3-9-4-6-18-8-9/h1-2,7,9H,3-6,8H2,(H,16,17). The number of hydrogen-bond acceptors (Lipinski definition) is 2. The van der Waals surface area contributed by atoms with E-state index < -0.39 is 0 Å². The molecule has 1 aromatic rings. The van der Waals surface area contributed by atoms with Gasteiger partial charge < -0.3 is 10.1 Å². The van der Waals surface area contributed by atoms with Crippen LogP contribution in [0.4, 0.5) is 4.39 Å². The Hall–Kier alpha value is -0.690. The third-order valence-electron chi connectivity index (χ3n) is 3.04. The van der Waals surface area contributed by atoms with Crippen molar-refractivity contribution in [2.24, 2.45) is 5.92 Å². The van der Waals surface area contributed by atoms with Gasteiger partial charge in [-0.15, -0.1) is 0 Å². The van der Waals surface area contributed by atoms with Gasteiger partial charge in [-0.25, -0.2) is 4.39 Å². The Labute approximate surface area is 119 Å². The second kappa shape index (κ2) is 6.47. The molecule has 2 rings (SSSR count). The van der Waals surface area contributed by atoms with Crippen LogP contribution < -0.4 is 5.32 Å². The SMILES string of the molecule is O=C(NCCC1CCOC1)c1ccc(F)cc1I. The van der Waals surface area contributed by atoms with E-state index in [9.17, 15) is 9.18 Å². The molecule has 1 aliphatic rings. The van der Waals surface area contributed by atoms with Gasteiger partial charge in [-0.1, -0.05) is 0 Å². The summed E-state index contributed by atoms with van der Waals surface area (Å²) in [4.78, 5) is 11.9. The molecule has 1 amide bonds. The van der Waals surface area contributed by atoms with Gasteiger partial charge in [0.15, 0.2) is 0 Å². The highest BCUT2D eigenvalue weighted by molar-refractivity contribution is 14.1. The van der Waals surface area contributed by atoms with Crippen molar-refractivity contribution in [3.05, 3.63) is 33.1 Å². The number of ether oxygens (including phenoxy) is 1. The number of carbonyl (C=O) groups is 1. The monoisotopic (exact) mass is 363 g/mol. The molecule has 1 N–H and O–H groups in total. The molecular weight excluding hydrogens is 348 g/mol. The number of rotatable bonds is 4. The molecule has 1 aromatic carbocycles. The summed E-state index contributed by atoms with van der Waals surface area (Å²) in [7, 11) is 0. The van der Waals surface area contributed by atoms with E-state index in [2.05, 4.69) is 5.32 Å². The fourth-order valence-corrected chi connectivity index (χ4v) is 2.69. The Bertz CT molecular complexity index is 433. The number of nitrogens with one attached hydrogen (secondary N) is 1. The molecule has 1 heterocycles. The maximum atomic E-state index is 12.9. The van der Waals surface area contributed by atoms with Crippen LogP contribution >= 0.6 is 22.6 Å². The van der Waals surface area contributed by atoms with Gasteiger partial charge in [0.05, 0.1) is 5.56 Å². The largest absolute Gasteiger partial charge is 0.381 e. The maximum absolute atomic E-state index is 12.9. The number of benzene rings is 1. The molecule has 0 bridgehead atoms. The van der Waals surface area contributed by atoms with Crippen LogP contribution in [-0.4, -0.2) is 25.7 Å². The topological polar surface area (TPSA) is 38.3 Å². The minimum absolute atomic E-state index is 0.140. The Morgan fingerprint density at radius 3 is 3.06 bits per heavy atom. The van der Waals surface area contributed by atoms with Gasteiger partial charge in [0.25, 0.3) is 5.91 Å². The average molecular weight is 363 g/mol. The predicted molar refractivity (Wildman–Crippen MR) is 75.0 cm³/mol. The molecule has 5 heteroatoms. The first-order chi connectivity index (χ1) is 8.66. The highest BCUT2D eigenvalue weighted by atomic mass is 127. The number of hydrogen-bond donors (Lipinski definition) is 1. The smallest absolute Gasteiger partial charge is 0.252 e. The summed E-state index contributed by atoms with van der Waals surface area (Å²) >= 11 is 1.97. The van der Waals surface area contributed by atoms with E-state index in [1.165, 1.54) is 18.2 Å². The van der Waals surface area contributed by atoms with E-state index in [1.54, 1.807) is 0 Å². The zero-order valence-corrected chi connectivity index (χ0v) is 12.1. The van der Waals surface area contributed by atoms with Crippen LogP contribution in [0.5, 0.6) is 0 Å². The van der Waals surface area contributed by atoms with Gasteiger partial charge in [-0.2, -0.15) is 0 Å². The third-order valence-corrected chi connectivity index (χ3v) is 3.93. The van der Waals surface area contributed by atoms with Gasteiger partial charge in [-0.05, 0) is 59.5 Å². The van der Waals surface area contributed by atoms with E-state index in [4.69, 9.17) is 4.74 Å². The summed E-state index contributed by atoms with van der Waals surface area (Å²) < 4.78 is 18.8. The fraction of sp³-hybridized carbons (Fsp3) is 0.462. The first-order valence-electron chi connectivity index (χ1n) is 5.98. The Balaban J connectivity index is 1.83. The molecule has 1 atom stereocenters. The fourth-order valence-electron chi connectivity index (χ4n) is 1.97. The van der Waals surface area contributed by atoms with Crippen molar-refractivity contribution in [3.8, 4) is 0 Å². The van der Waals surface area contributed by atoms with Crippen LogP contribution in [0, 0.1) is 15.3 Å². The van der Waals surface area contributed by atoms with Gasteiger partial charge in [0.2, 0.25) is 0 Å². The minimum Gasteiger partial charge on any atom is -0.381 e. The second-order valence-electron chi connectivity index (χ2n) is 4.40.